The molecule has 0 aliphatic heterocycles. The van der Waals surface area contributed by atoms with Crippen LogP contribution in [0, 0.1) is 5.92 Å². The van der Waals surface area contributed by atoms with E-state index in [0.717, 1.165) is 12.0 Å². The molecule has 1 aromatic rings. The summed E-state index contributed by atoms with van der Waals surface area (Å²) in [5.41, 5.74) is 1.12. The average Bonchev–Trinajstić information content (AvgIpc) is 2.38. The third-order valence-corrected chi connectivity index (χ3v) is 2.74. The van der Waals surface area contributed by atoms with Crippen molar-refractivity contribution in [2.75, 3.05) is 0 Å². The van der Waals surface area contributed by atoms with Gasteiger partial charge in [0.25, 0.3) is 0 Å². The fourth-order valence-corrected chi connectivity index (χ4v) is 1.77. The quantitative estimate of drug-likeness (QED) is 0.815. The lowest BCUT2D eigenvalue weighted by Crippen LogP contribution is -2.16. The Kier molecular flexibility index (Phi) is 3.73. The van der Waals surface area contributed by atoms with Crippen LogP contribution >= 0.6 is 0 Å². The van der Waals surface area contributed by atoms with Gasteiger partial charge in [0.1, 0.15) is 0 Å². The standard InChI is InChI=1S/C15H16O/c16-15(14-9-5-2-6-10-14)12-11-13-7-3-1-4-8-13/h1-9,11-12,14-16H,10H2/b12-11+/t14-,15-/m0/s1. The molecule has 0 heterocycles. The van der Waals surface area contributed by atoms with Crippen molar-refractivity contribution in [2.24, 2.45) is 5.92 Å². The molecule has 1 aliphatic rings. The maximum absolute atomic E-state index is 9.96. The molecule has 0 spiro atoms. The highest BCUT2D eigenvalue weighted by atomic mass is 16.3. The van der Waals surface area contributed by atoms with Crippen molar-refractivity contribution < 1.29 is 5.11 Å². The van der Waals surface area contributed by atoms with Gasteiger partial charge >= 0.3 is 0 Å². The van der Waals surface area contributed by atoms with Crippen LogP contribution in [0.5, 0.6) is 0 Å². The molecule has 1 heteroatoms. The maximum atomic E-state index is 9.96. The van der Waals surface area contributed by atoms with Crippen LogP contribution < -0.4 is 0 Å². The molecule has 0 bridgehead atoms. The van der Waals surface area contributed by atoms with E-state index in [0.29, 0.717) is 0 Å². The fourth-order valence-electron chi connectivity index (χ4n) is 1.77. The largest absolute Gasteiger partial charge is 0.388 e. The number of hydrogen-bond acceptors (Lipinski definition) is 1. The van der Waals surface area contributed by atoms with E-state index in [1.54, 1.807) is 0 Å². The Labute approximate surface area is 96.4 Å². The molecule has 0 radical (unpaired) electrons. The minimum atomic E-state index is -0.401. The minimum Gasteiger partial charge on any atom is -0.388 e. The van der Waals surface area contributed by atoms with Crippen LogP contribution in [0.1, 0.15) is 12.0 Å². The zero-order valence-electron chi connectivity index (χ0n) is 9.16. The third kappa shape index (κ3) is 2.94. The first-order valence-electron chi connectivity index (χ1n) is 5.61. The predicted octanol–water partition coefficient (Wildman–Crippen LogP) is 3.19. The normalized spacial score (nSPS) is 21.4. The number of allylic oxidation sites excluding steroid dienone is 3. The molecule has 0 fully saturated rings. The molecule has 16 heavy (non-hydrogen) atoms. The molecule has 2 atom stereocenters. The highest BCUT2D eigenvalue weighted by molar-refractivity contribution is 5.49. The molecule has 1 N–H and O–H groups in total. The zero-order chi connectivity index (χ0) is 11.2. The molecule has 2 rings (SSSR count). The highest BCUT2D eigenvalue weighted by Gasteiger charge is 2.12. The summed E-state index contributed by atoms with van der Waals surface area (Å²) in [7, 11) is 0. The summed E-state index contributed by atoms with van der Waals surface area (Å²) in [5.74, 6) is 0.213. The van der Waals surface area contributed by atoms with Crippen LogP contribution in [-0.2, 0) is 0 Å². The minimum absolute atomic E-state index is 0.213. The van der Waals surface area contributed by atoms with E-state index in [1.807, 2.05) is 54.6 Å². The van der Waals surface area contributed by atoms with E-state index in [-0.39, 0.29) is 5.92 Å². The summed E-state index contributed by atoms with van der Waals surface area (Å²) in [6.07, 6.45) is 12.5. The molecule has 0 saturated heterocycles. The van der Waals surface area contributed by atoms with Crippen molar-refractivity contribution in [3.63, 3.8) is 0 Å². The van der Waals surface area contributed by atoms with Gasteiger partial charge in [-0.3, -0.25) is 0 Å². The first-order valence-corrected chi connectivity index (χ1v) is 5.61. The van der Waals surface area contributed by atoms with Crippen LogP contribution in [0.15, 0.2) is 60.7 Å². The number of rotatable bonds is 3. The number of hydrogen-bond donors (Lipinski definition) is 1. The highest BCUT2D eigenvalue weighted by Crippen LogP contribution is 2.17. The summed E-state index contributed by atoms with van der Waals surface area (Å²) >= 11 is 0. The number of aliphatic hydroxyl groups excluding tert-OH is 1. The molecular formula is C15H16O. The summed E-state index contributed by atoms with van der Waals surface area (Å²) in [4.78, 5) is 0. The van der Waals surface area contributed by atoms with Crippen molar-refractivity contribution >= 4 is 6.08 Å². The summed E-state index contributed by atoms with van der Waals surface area (Å²) in [5, 5.41) is 9.96. The van der Waals surface area contributed by atoms with Gasteiger partial charge in [0.2, 0.25) is 0 Å². The second kappa shape index (κ2) is 5.47. The Morgan fingerprint density at radius 2 is 2.00 bits per heavy atom. The van der Waals surface area contributed by atoms with Crippen LogP contribution in [0.3, 0.4) is 0 Å². The van der Waals surface area contributed by atoms with E-state index < -0.39 is 6.10 Å². The van der Waals surface area contributed by atoms with Crippen LogP contribution in [0.2, 0.25) is 0 Å². The van der Waals surface area contributed by atoms with Gasteiger partial charge in [-0.05, 0) is 12.0 Å². The Morgan fingerprint density at radius 3 is 2.69 bits per heavy atom. The van der Waals surface area contributed by atoms with E-state index in [9.17, 15) is 5.11 Å². The van der Waals surface area contributed by atoms with Crippen LogP contribution in [0.25, 0.3) is 6.08 Å². The number of benzene rings is 1. The second-order valence-electron chi connectivity index (χ2n) is 3.97. The second-order valence-corrected chi connectivity index (χ2v) is 3.97. The lowest BCUT2D eigenvalue weighted by Gasteiger charge is -2.16. The summed E-state index contributed by atoms with van der Waals surface area (Å²) in [6.45, 7) is 0. The molecule has 0 unspecified atom stereocenters. The zero-order valence-corrected chi connectivity index (χ0v) is 9.16. The Morgan fingerprint density at radius 1 is 1.19 bits per heavy atom. The average molecular weight is 212 g/mol. The molecule has 0 amide bonds. The molecular weight excluding hydrogens is 196 g/mol. The molecule has 1 aliphatic carbocycles. The fraction of sp³-hybridized carbons (Fsp3) is 0.200. The van der Waals surface area contributed by atoms with Gasteiger partial charge < -0.3 is 5.11 Å². The van der Waals surface area contributed by atoms with Gasteiger partial charge in [-0.25, -0.2) is 0 Å². The van der Waals surface area contributed by atoms with Crippen LogP contribution in [0.4, 0.5) is 0 Å². The Hall–Kier alpha value is -1.60. The summed E-state index contributed by atoms with van der Waals surface area (Å²) < 4.78 is 0. The van der Waals surface area contributed by atoms with Gasteiger partial charge in [-0.1, -0.05) is 66.8 Å². The first kappa shape index (κ1) is 10.9. The van der Waals surface area contributed by atoms with Crippen molar-refractivity contribution in [2.45, 2.75) is 12.5 Å². The smallest absolute Gasteiger partial charge is 0.0789 e. The van der Waals surface area contributed by atoms with Crippen LogP contribution in [-0.4, -0.2) is 11.2 Å². The molecule has 1 nitrogen and oxygen atoms in total. The van der Waals surface area contributed by atoms with E-state index in [1.165, 1.54) is 0 Å². The molecule has 82 valence electrons. The summed E-state index contributed by atoms with van der Waals surface area (Å²) in [6, 6.07) is 10.0. The van der Waals surface area contributed by atoms with Crippen molar-refractivity contribution in [1.29, 1.82) is 0 Å². The van der Waals surface area contributed by atoms with Crippen molar-refractivity contribution in [1.82, 2.24) is 0 Å². The molecule has 1 aromatic carbocycles. The van der Waals surface area contributed by atoms with Crippen molar-refractivity contribution in [3.05, 3.63) is 66.3 Å². The molecule has 0 aromatic heterocycles. The first-order chi connectivity index (χ1) is 7.86. The third-order valence-electron chi connectivity index (χ3n) is 2.74. The van der Waals surface area contributed by atoms with E-state index in [4.69, 9.17) is 0 Å². The topological polar surface area (TPSA) is 20.2 Å². The monoisotopic (exact) mass is 212 g/mol. The van der Waals surface area contributed by atoms with Gasteiger partial charge in [0.05, 0.1) is 6.10 Å². The predicted molar refractivity (Wildman–Crippen MR) is 67.9 cm³/mol. The van der Waals surface area contributed by atoms with Gasteiger partial charge in [-0.15, -0.1) is 0 Å². The van der Waals surface area contributed by atoms with E-state index >= 15 is 0 Å². The number of aliphatic hydroxyl groups is 1. The lowest BCUT2D eigenvalue weighted by atomic mass is 9.94. The van der Waals surface area contributed by atoms with E-state index in [2.05, 4.69) is 12.2 Å². The van der Waals surface area contributed by atoms with Gasteiger partial charge in [-0.2, -0.15) is 0 Å². The van der Waals surface area contributed by atoms with Gasteiger partial charge in [0.15, 0.2) is 0 Å². The molecule has 0 saturated carbocycles. The SMILES string of the molecule is O[C@@H](/C=C/c1ccccc1)[C@H]1C=CC=CC1. The maximum Gasteiger partial charge on any atom is 0.0789 e. The van der Waals surface area contributed by atoms with Gasteiger partial charge in [0, 0.05) is 5.92 Å². The lowest BCUT2D eigenvalue weighted by molar-refractivity contribution is 0.178. The Balaban J connectivity index is 1.97. The Bertz CT molecular complexity index is 401. The van der Waals surface area contributed by atoms with Crippen molar-refractivity contribution in [3.8, 4) is 0 Å².